The molecule has 0 saturated carbocycles. The summed E-state index contributed by atoms with van der Waals surface area (Å²) in [6.45, 7) is 0.503. The van der Waals surface area contributed by atoms with Crippen LogP contribution in [0.2, 0.25) is 0 Å². The molecule has 1 heterocycles. The first-order chi connectivity index (χ1) is 12.5. The van der Waals surface area contributed by atoms with E-state index < -0.39 is 0 Å². The van der Waals surface area contributed by atoms with Crippen LogP contribution in [0.3, 0.4) is 0 Å². The van der Waals surface area contributed by atoms with Crippen molar-refractivity contribution >= 4 is 34.7 Å². The van der Waals surface area contributed by atoms with E-state index in [0.29, 0.717) is 4.91 Å². The standard InChI is InChI=1S/C20H20N2O3S/c1-21(2)16-10-8-15(9-11-16)14-18-19(23)22(20(24)26-18)12-13-25-17-6-4-3-5-7-17/h3-11,14H,12-13H2,1-2H3/b18-14+. The maximum absolute atomic E-state index is 12.5. The van der Waals surface area contributed by atoms with Crippen molar-refractivity contribution in [2.45, 2.75) is 0 Å². The van der Waals surface area contributed by atoms with E-state index in [1.54, 1.807) is 6.08 Å². The highest BCUT2D eigenvalue weighted by Gasteiger charge is 2.34. The van der Waals surface area contributed by atoms with E-state index in [4.69, 9.17) is 4.74 Å². The monoisotopic (exact) mass is 368 g/mol. The fourth-order valence-corrected chi connectivity index (χ4v) is 3.35. The number of ether oxygens (including phenoxy) is 1. The number of carbonyl (C=O) groups is 2. The summed E-state index contributed by atoms with van der Waals surface area (Å²) in [6.07, 6.45) is 1.75. The minimum atomic E-state index is -0.270. The summed E-state index contributed by atoms with van der Waals surface area (Å²) in [4.78, 5) is 28.3. The number of anilines is 1. The third-order valence-electron chi connectivity index (χ3n) is 3.91. The highest BCUT2D eigenvalue weighted by molar-refractivity contribution is 8.18. The van der Waals surface area contributed by atoms with E-state index in [9.17, 15) is 9.59 Å². The lowest BCUT2D eigenvalue weighted by Gasteiger charge is -2.13. The molecule has 0 atom stereocenters. The molecule has 1 aliphatic heterocycles. The van der Waals surface area contributed by atoms with Gasteiger partial charge in [-0.2, -0.15) is 0 Å². The average molecular weight is 368 g/mol. The fraction of sp³-hybridized carbons (Fsp3) is 0.200. The highest BCUT2D eigenvalue weighted by atomic mass is 32.2. The van der Waals surface area contributed by atoms with E-state index in [0.717, 1.165) is 28.8 Å². The van der Waals surface area contributed by atoms with Gasteiger partial charge >= 0.3 is 0 Å². The second-order valence-corrected chi connectivity index (χ2v) is 6.97. The summed E-state index contributed by atoms with van der Waals surface area (Å²) in [5, 5.41) is -0.261. The molecule has 26 heavy (non-hydrogen) atoms. The average Bonchev–Trinajstić information content (AvgIpc) is 2.90. The Morgan fingerprint density at radius 1 is 1.04 bits per heavy atom. The van der Waals surface area contributed by atoms with Gasteiger partial charge in [-0.1, -0.05) is 30.3 Å². The summed E-state index contributed by atoms with van der Waals surface area (Å²) >= 11 is 0.966. The van der Waals surface area contributed by atoms with Gasteiger partial charge in [0.25, 0.3) is 11.1 Å². The molecule has 0 bridgehead atoms. The molecule has 2 aromatic rings. The van der Waals surface area contributed by atoms with Gasteiger partial charge in [-0.25, -0.2) is 0 Å². The number of hydrogen-bond donors (Lipinski definition) is 0. The van der Waals surface area contributed by atoms with Crippen molar-refractivity contribution in [1.29, 1.82) is 0 Å². The Morgan fingerprint density at radius 2 is 1.73 bits per heavy atom. The molecule has 0 aliphatic carbocycles. The number of hydrogen-bond acceptors (Lipinski definition) is 5. The van der Waals surface area contributed by atoms with E-state index in [1.807, 2.05) is 73.6 Å². The maximum atomic E-state index is 12.5. The van der Waals surface area contributed by atoms with Crippen LogP contribution in [0.25, 0.3) is 6.08 Å². The molecule has 0 radical (unpaired) electrons. The zero-order valence-electron chi connectivity index (χ0n) is 14.7. The molecule has 0 N–H and O–H groups in total. The molecule has 5 nitrogen and oxygen atoms in total. The fourth-order valence-electron chi connectivity index (χ4n) is 2.48. The molecule has 2 aromatic carbocycles. The van der Waals surface area contributed by atoms with Crippen LogP contribution in [0.15, 0.2) is 59.5 Å². The van der Waals surface area contributed by atoms with Crippen LogP contribution in [-0.2, 0) is 4.79 Å². The van der Waals surface area contributed by atoms with Crippen LogP contribution < -0.4 is 9.64 Å². The van der Waals surface area contributed by atoms with Gasteiger partial charge in [0.05, 0.1) is 11.4 Å². The lowest BCUT2D eigenvalue weighted by Crippen LogP contribution is -2.32. The first kappa shape index (κ1) is 18.1. The number of nitrogens with zero attached hydrogens (tertiary/aromatic N) is 2. The minimum absolute atomic E-state index is 0.233. The van der Waals surface area contributed by atoms with Gasteiger partial charge in [-0.15, -0.1) is 0 Å². The number of para-hydroxylation sites is 1. The summed E-state index contributed by atoms with van der Waals surface area (Å²) in [6, 6.07) is 17.1. The van der Waals surface area contributed by atoms with Gasteiger partial charge < -0.3 is 9.64 Å². The molecule has 2 amide bonds. The molecule has 0 unspecified atom stereocenters. The smallest absolute Gasteiger partial charge is 0.293 e. The van der Waals surface area contributed by atoms with Crippen molar-refractivity contribution in [3.63, 3.8) is 0 Å². The number of benzene rings is 2. The molecule has 0 spiro atoms. The Hall–Kier alpha value is -2.73. The van der Waals surface area contributed by atoms with Gasteiger partial charge in [0, 0.05) is 19.8 Å². The molecular formula is C20H20N2O3S. The third-order valence-corrected chi connectivity index (χ3v) is 4.82. The second kappa shape index (κ2) is 8.10. The van der Waals surface area contributed by atoms with Crippen molar-refractivity contribution in [3.05, 3.63) is 65.1 Å². The van der Waals surface area contributed by atoms with Gasteiger partial charge in [0.1, 0.15) is 12.4 Å². The van der Waals surface area contributed by atoms with E-state index >= 15 is 0 Å². The maximum Gasteiger partial charge on any atom is 0.293 e. The van der Waals surface area contributed by atoms with Gasteiger partial charge in [0.15, 0.2) is 0 Å². The van der Waals surface area contributed by atoms with Crippen LogP contribution in [0.1, 0.15) is 5.56 Å². The van der Waals surface area contributed by atoms with E-state index in [-0.39, 0.29) is 24.3 Å². The Balaban J connectivity index is 1.62. The van der Waals surface area contributed by atoms with Crippen molar-refractivity contribution < 1.29 is 14.3 Å². The SMILES string of the molecule is CN(C)c1ccc(/C=C2/SC(=O)N(CCOc3ccccc3)C2=O)cc1. The van der Waals surface area contributed by atoms with E-state index in [2.05, 4.69) is 0 Å². The quantitative estimate of drug-likeness (QED) is 0.725. The molecule has 1 saturated heterocycles. The molecule has 1 fully saturated rings. The summed E-state index contributed by atoms with van der Waals surface area (Å²) < 4.78 is 5.57. The van der Waals surface area contributed by atoms with Crippen LogP contribution >= 0.6 is 11.8 Å². The number of carbonyl (C=O) groups excluding carboxylic acids is 2. The number of rotatable bonds is 6. The molecule has 0 aromatic heterocycles. The Labute approximate surface area is 157 Å². The lowest BCUT2D eigenvalue weighted by atomic mass is 10.2. The Morgan fingerprint density at radius 3 is 2.38 bits per heavy atom. The molecule has 3 rings (SSSR count). The van der Waals surface area contributed by atoms with Crippen LogP contribution in [-0.4, -0.2) is 43.3 Å². The largest absolute Gasteiger partial charge is 0.492 e. The van der Waals surface area contributed by atoms with Gasteiger partial charge in [0.2, 0.25) is 0 Å². The Kier molecular flexibility index (Phi) is 5.63. The van der Waals surface area contributed by atoms with E-state index in [1.165, 1.54) is 4.90 Å². The summed E-state index contributed by atoms with van der Waals surface area (Å²) in [7, 11) is 3.94. The minimum Gasteiger partial charge on any atom is -0.492 e. The zero-order chi connectivity index (χ0) is 18.5. The molecule has 134 valence electrons. The van der Waals surface area contributed by atoms with Crippen molar-refractivity contribution in [2.24, 2.45) is 0 Å². The number of amides is 2. The predicted octanol–water partition coefficient (Wildman–Crippen LogP) is 3.87. The highest BCUT2D eigenvalue weighted by Crippen LogP contribution is 2.32. The van der Waals surface area contributed by atoms with Gasteiger partial charge in [-0.05, 0) is 47.7 Å². The zero-order valence-corrected chi connectivity index (χ0v) is 15.5. The first-order valence-corrected chi connectivity index (χ1v) is 9.07. The van der Waals surface area contributed by atoms with Crippen molar-refractivity contribution in [3.8, 4) is 5.75 Å². The molecular weight excluding hydrogens is 348 g/mol. The summed E-state index contributed by atoms with van der Waals surface area (Å²) in [5.74, 6) is 0.448. The molecule has 6 heteroatoms. The normalized spacial score (nSPS) is 15.6. The Bertz CT molecular complexity index is 817. The van der Waals surface area contributed by atoms with Crippen molar-refractivity contribution in [2.75, 3.05) is 32.1 Å². The third kappa shape index (κ3) is 4.26. The topological polar surface area (TPSA) is 49.9 Å². The second-order valence-electron chi connectivity index (χ2n) is 5.98. The summed E-state index contributed by atoms with van der Waals surface area (Å²) in [5.41, 5.74) is 1.97. The first-order valence-electron chi connectivity index (χ1n) is 8.25. The van der Waals surface area contributed by atoms with Crippen LogP contribution in [0.4, 0.5) is 10.5 Å². The number of imide groups is 1. The van der Waals surface area contributed by atoms with Gasteiger partial charge in [-0.3, -0.25) is 14.5 Å². The van der Waals surface area contributed by atoms with Crippen LogP contribution in [0.5, 0.6) is 5.75 Å². The van der Waals surface area contributed by atoms with Crippen molar-refractivity contribution in [1.82, 2.24) is 4.90 Å². The predicted molar refractivity (Wildman–Crippen MR) is 105 cm³/mol. The number of thioether (sulfide) groups is 1. The van der Waals surface area contributed by atoms with Crippen LogP contribution in [0, 0.1) is 0 Å². The lowest BCUT2D eigenvalue weighted by molar-refractivity contribution is -0.123. The molecule has 1 aliphatic rings.